The maximum Gasteiger partial charge on any atom is 0.338 e. The fraction of sp³-hybridized carbons (Fsp3) is 0.125. The highest BCUT2D eigenvalue weighted by molar-refractivity contribution is 9.11. The van der Waals surface area contributed by atoms with Gasteiger partial charge in [-0.05, 0) is 74.7 Å². The second-order valence-corrected chi connectivity index (χ2v) is 7.38. The van der Waals surface area contributed by atoms with Crippen LogP contribution in [0.25, 0.3) is 0 Å². The molecule has 0 saturated carbocycles. The zero-order chi connectivity index (χ0) is 17.9. The molecule has 8 heteroatoms. The predicted molar refractivity (Wildman–Crippen MR) is 102 cm³/mol. The van der Waals surface area contributed by atoms with Gasteiger partial charge in [-0.2, -0.15) is 0 Å². The molecule has 0 unspecified atom stereocenters. The van der Waals surface area contributed by atoms with Crippen LogP contribution in [0, 0.1) is 6.92 Å². The zero-order valence-electron chi connectivity index (χ0n) is 12.3. The topological polar surface area (TPSA) is 55.4 Å². The molecule has 0 aromatic heterocycles. The number of carbonyl (C=O) groups excluding carboxylic acids is 2. The highest BCUT2D eigenvalue weighted by atomic mass is 79.9. The van der Waals surface area contributed by atoms with E-state index in [1.807, 2.05) is 19.1 Å². The number of halogens is 4. The Kier molecular flexibility index (Phi) is 6.69. The van der Waals surface area contributed by atoms with Crippen molar-refractivity contribution in [3.8, 4) is 0 Å². The number of anilines is 1. The molecule has 0 aliphatic heterocycles. The average Bonchev–Trinajstić information content (AvgIpc) is 2.51. The minimum absolute atomic E-state index is 0.217. The molecule has 4 nitrogen and oxygen atoms in total. The molecule has 0 saturated heterocycles. The molecule has 0 aliphatic carbocycles. The summed E-state index contributed by atoms with van der Waals surface area (Å²) in [4.78, 5) is 23.9. The molecule has 0 spiro atoms. The van der Waals surface area contributed by atoms with Crippen molar-refractivity contribution >= 4 is 72.6 Å². The summed E-state index contributed by atoms with van der Waals surface area (Å²) in [6, 6.07) is 8.07. The van der Waals surface area contributed by atoms with Crippen LogP contribution in [0.15, 0.2) is 39.3 Å². The third-order valence-electron chi connectivity index (χ3n) is 2.94. The molecule has 1 amide bonds. The Balaban J connectivity index is 1.98. The van der Waals surface area contributed by atoms with Gasteiger partial charge in [0.15, 0.2) is 6.61 Å². The van der Waals surface area contributed by atoms with Crippen LogP contribution >= 0.6 is 55.1 Å². The highest BCUT2D eigenvalue weighted by Gasteiger charge is 2.14. The van der Waals surface area contributed by atoms with Crippen LogP contribution in [0.4, 0.5) is 5.69 Å². The van der Waals surface area contributed by atoms with Gasteiger partial charge in [-0.15, -0.1) is 0 Å². The van der Waals surface area contributed by atoms with Crippen molar-refractivity contribution in [2.45, 2.75) is 6.92 Å². The molecular weight excluding hydrogens is 485 g/mol. The maximum absolute atomic E-state index is 12.0. The summed E-state index contributed by atoms with van der Waals surface area (Å²) in [6.07, 6.45) is 0. The van der Waals surface area contributed by atoms with Gasteiger partial charge in [-0.1, -0.05) is 23.2 Å². The summed E-state index contributed by atoms with van der Waals surface area (Å²) in [5.74, 6) is -1.13. The zero-order valence-corrected chi connectivity index (χ0v) is 17.0. The summed E-state index contributed by atoms with van der Waals surface area (Å²) in [7, 11) is 0. The Hall–Kier alpha value is -1.08. The van der Waals surface area contributed by atoms with Gasteiger partial charge in [-0.3, -0.25) is 4.79 Å². The monoisotopic (exact) mass is 493 g/mol. The molecule has 2 rings (SSSR count). The SMILES string of the molecule is Cc1cc(Br)c(NC(=O)COC(=O)c2ccc(Cl)c(Cl)c2)c(Br)c1. The van der Waals surface area contributed by atoms with Crippen molar-refractivity contribution in [1.29, 1.82) is 0 Å². The minimum Gasteiger partial charge on any atom is -0.452 e. The first-order valence-electron chi connectivity index (χ1n) is 6.65. The number of nitrogens with one attached hydrogen (secondary N) is 1. The molecule has 126 valence electrons. The largest absolute Gasteiger partial charge is 0.452 e. The lowest BCUT2D eigenvalue weighted by Gasteiger charge is -2.11. The van der Waals surface area contributed by atoms with Crippen LogP contribution in [0.1, 0.15) is 15.9 Å². The van der Waals surface area contributed by atoms with Crippen LogP contribution in [0.2, 0.25) is 10.0 Å². The van der Waals surface area contributed by atoms with Gasteiger partial charge in [0.25, 0.3) is 5.91 Å². The highest BCUT2D eigenvalue weighted by Crippen LogP contribution is 2.32. The van der Waals surface area contributed by atoms with Gasteiger partial charge in [0.1, 0.15) is 0 Å². The van der Waals surface area contributed by atoms with Crippen molar-refractivity contribution in [3.05, 3.63) is 60.4 Å². The average molecular weight is 496 g/mol. The van der Waals surface area contributed by atoms with Gasteiger partial charge in [-0.25, -0.2) is 4.79 Å². The van der Waals surface area contributed by atoms with Crippen molar-refractivity contribution < 1.29 is 14.3 Å². The second-order valence-electron chi connectivity index (χ2n) is 4.86. The molecular formula is C16H11Br2Cl2NO3. The van der Waals surface area contributed by atoms with E-state index >= 15 is 0 Å². The summed E-state index contributed by atoms with van der Waals surface area (Å²) in [5.41, 5.74) is 1.81. The van der Waals surface area contributed by atoms with Crippen molar-refractivity contribution in [3.63, 3.8) is 0 Å². The lowest BCUT2D eigenvalue weighted by molar-refractivity contribution is -0.119. The van der Waals surface area contributed by atoms with E-state index in [2.05, 4.69) is 37.2 Å². The fourth-order valence-corrected chi connectivity index (χ4v) is 3.74. The molecule has 1 N–H and O–H groups in total. The Morgan fingerprint density at radius 3 is 2.29 bits per heavy atom. The van der Waals surface area contributed by atoms with Gasteiger partial charge in [0, 0.05) is 8.95 Å². The number of esters is 1. The standard InChI is InChI=1S/C16H11Br2Cl2NO3/c1-8-4-10(17)15(11(18)5-8)21-14(22)7-24-16(23)9-2-3-12(19)13(20)6-9/h2-6H,7H2,1H3,(H,21,22). The number of benzene rings is 2. The van der Waals surface area contributed by atoms with E-state index in [4.69, 9.17) is 27.9 Å². The lowest BCUT2D eigenvalue weighted by atomic mass is 10.2. The molecule has 0 heterocycles. The lowest BCUT2D eigenvalue weighted by Crippen LogP contribution is -2.21. The fourth-order valence-electron chi connectivity index (χ4n) is 1.83. The van der Waals surface area contributed by atoms with Crippen molar-refractivity contribution in [1.82, 2.24) is 0 Å². The normalized spacial score (nSPS) is 10.4. The van der Waals surface area contributed by atoms with Crippen molar-refractivity contribution in [2.24, 2.45) is 0 Å². The first-order valence-corrected chi connectivity index (χ1v) is 9.00. The molecule has 0 aliphatic rings. The van der Waals surface area contributed by atoms with Gasteiger partial charge >= 0.3 is 5.97 Å². The summed E-state index contributed by atoms with van der Waals surface area (Å²) in [6.45, 7) is 1.51. The number of rotatable bonds is 4. The van der Waals surface area contributed by atoms with Crippen LogP contribution in [-0.4, -0.2) is 18.5 Å². The number of carbonyl (C=O) groups is 2. The molecule has 0 atom stereocenters. The van der Waals surface area contributed by atoms with E-state index in [1.165, 1.54) is 18.2 Å². The number of ether oxygens (including phenoxy) is 1. The van der Waals surface area contributed by atoms with E-state index < -0.39 is 18.5 Å². The molecule has 0 bridgehead atoms. The summed E-state index contributed by atoms with van der Waals surface area (Å²) in [5, 5.41) is 3.25. The third kappa shape index (κ3) is 4.96. The first kappa shape index (κ1) is 19.2. The van der Waals surface area contributed by atoms with Gasteiger partial charge in [0.2, 0.25) is 0 Å². The molecule has 2 aromatic carbocycles. The van der Waals surface area contributed by atoms with Crippen LogP contribution in [0.5, 0.6) is 0 Å². The molecule has 24 heavy (non-hydrogen) atoms. The predicted octanol–water partition coefficient (Wildman–Crippen LogP) is 5.62. The van der Waals surface area contributed by atoms with Gasteiger partial charge in [0.05, 0.1) is 21.3 Å². The number of hydrogen-bond donors (Lipinski definition) is 1. The Labute approximate surface area is 165 Å². The van der Waals surface area contributed by atoms with E-state index in [-0.39, 0.29) is 10.6 Å². The van der Waals surface area contributed by atoms with Crippen molar-refractivity contribution in [2.75, 3.05) is 11.9 Å². The third-order valence-corrected chi connectivity index (χ3v) is 4.93. The van der Waals surface area contributed by atoms with E-state index in [0.29, 0.717) is 10.7 Å². The summed E-state index contributed by atoms with van der Waals surface area (Å²) >= 11 is 18.4. The number of aryl methyl sites for hydroxylation is 1. The van der Waals surface area contributed by atoms with Crippen LogP contribution in [0.3, 0.4) is 0 Å². The van der Waals surface area contributed by atoms with Gasteiger partial charge < -0.3 is 10.1 Å². The molecule has 0 fully saturated rings. The Morgan fingerprint density at radius 1 is 1.08 bits per heavy atom. The van der Waals surface area contributed by atoms with E-state index in [1.54, 1.807) is 0 Å². The second kappa shape index (κ2) is 8.34. The minimum atomic E-state index is -0.661. The Morgan fingerprint density at radius 2 is 1.71 bits per heavy atom. The Bertz CT molecular complexity index is 789. The first-order chi connectivity index (χ1) is 11.3. The van der Waals surface area contributed by atoms with E-state index in [0.717, 1.165) is 14.5 Å². The van der Waals surface area contributed by atoms with Crippen LogP contribution < -0.4 is 5.32 Å². The molecule has 2 aromatic rings. The van der Waals surface area contributed by atoms with E-state index in [9.17, 15) is 9.59 Å². The quantitative estimate of drug-likeness (QED) is 0.560. The summed E-state index contributed by atoms with van der Waals surface area (Å²) < 4.78 is 6.42. The number of amides is 1. The molecule has 0 radical (unpaired) electrons. The smallest absolute Gasteiger partial charge is 0.338 e. The maximum atomic E-state index is 12.0. The van der Waals surface area contributed by atoms with Crippen LogP contribution in [-0.2, 0) is 9.53 Å². The number of hydrogen-bond acceptors (Lipinski definition) is 3.